The fourth-order valence-corrected chi connectivity index (χ4v) is 2.76. The Morgan fingerprint density at radius 3 is 2.85 bits per heavy atom. The van der Waals surface area contributed by atoms with Crippen LogP contribution in [0.3, 0.4) is 0 Å². The third-order valence-electron chi connectivity index (χ3n) is 3.91. The number of nitrogens with zero attached hydrogens (tertiary/aromatic N) is 1. The van der Waals surface area contributed by atoms with Gasteiger partial charge in [-0.1, -0.05) is 18.0 Å². The molecule has 0 heterocycles. The summed E-state index contributed by atoms with van der Waals surface area (Å²) in [5.41, 5.74) is 7.34. The quantitative estimate of drug-likeness (QED) is 0.322. The van der Waals surface area contributed by atoms with Crippen LogP contribution in [-0.4, -0.2) is 24.7 Å². The molecule has 1 aromatic rings. The van der Waals surface area contributed by atoms with Gasteiger partial charge in [0.1, 0.15) is 5.75 Å². The monoisotopic (exact) mass is 277 g/mol. The summed E-state index contributed by atoms with van der Waals surface area (Å²) in [5, 5.41) is 15.3. The van der Waals surface area contributed by atoms with Crippen molar-refractivity contribution in [1.29, 1.82) is 0 Å². The summed E-state index contributed by atoms with van der Waals surface area (Å²) in [6.07, 6.45) is 5.37. The van der Waals surface area contributed by atoms with Crippen LogP contribution in [0.5, 0.6) is 5.75 Å². The van der Waals surface area contributed by atoms with Gasteiger partial charge in [0.05, 0.1) is 7.11 Å². The van der Waals surface area contributed by atoms with E-state index in [-0.39, 0.29) is 5.84 Å². The molecular weight excluding hydrogens is 254 g/mol. The maximum atomic E-state index is 8.74. The normalized spacial score (nSPS) is 16.6. The molecule has 1 aromatic carbocycles. The Labute approximate surface area is 119 Å². The van der Waals surface area contributed by atoms with Crippen LogP contribution in [0.25, 0.3) is 0 Å². The first-order valence-electron chi connectivity index (χ1n) is 7.10. The fraction of sp³-hybridized carbons (Fsp3) is 0.533. The summed E-state index contributed by atoms with van der Waals surface area (Å²) in [6, 6.07) is 5.53. The minimum absolute atomic E-state index is 0.115. The molecule has 0 amide bonds. The number of nitrogens with one attached hydrogen (secondary N) is 1. The second kappa shape index (κ2) is 7.14. The average Bonchev–Trinajstić information content (AvgIpc) is 2.99. The van der Waals surface area contributed by atoms with Gasteiger partial charge in [-0.05, 0) is 43.5 Å². The van der Waals surface area contributed by atoms with Crippen molar-refractivity contribution in [3.63, 3.8) is 0 Å². The van der Waals surface area contributed by atoms with Gasteiger partial charge in [0, 0.05) is 17.7 Å². The van der Waals surface area contributed by atoms with Gasteiger partial charge in [-0.15, -0.1) is 0 Å². The first kappa shape index (κ1) is 14.7. The summed E-state index contributed by atoms with van der Waals surface area (Å²) in [4.78, 5) is 0. The van der Waals surface area contributed by atoms with Crippen LogP contribution in [0.1, 0.15) is 36.8 Å². The zero-order chi connectivity index (χ0) is 14.4. The van der Waals surface area contributed by atoms with E-state index in [1.54, 1.807) is 13.2 Å². The zero-order valence-corrected chi connectivity index (χ0v) is 11.9. The molecule has 20 heavy (non-hydrogen) atoms. The van der Waals surface area contributed by atoms with Crippen LogP contribution in [0.4, 0.5) is 0 Å². The van der Waals surface area contributed by atoms with Gasteiger partial charge in [0.25, 0.3) is 0 Å². The summed E-state index contributed by atoms with van der Waals surface area (Å²) < 4.78 is 5.35. The molecule has 0 aromatic heterocycles. The molecule has 0 bridgehead atoms. The molecule has 0 aliphatic heterocycles. The van der Waals surface area contributed by atoms with Crippen LogP contribution in [-0.2, 0) is 6.54 Å². The summed E-state index contributed by atoms with van der Waals surface area (Å²) in [7, 11) is 1.65. The molecule has 1 saturated carbocycles. The molecule has 5 heteroatoms. The van der Waals surface area contributed by atoms with Crippen molar-refractivity contribution < 1.29 is 9.94 Å². The van der Waals surface area contributed by atoms with Gasteiger partial charge in [0.15, 0.2) is 5.84 Å². The van der Waals surface area contributed by atoms with E-state index in [1.807, 2.05) is 12.1 Å². The Kier molecular flexibility index (Phi) is 5.24. The van der Waals surface area contributed by atoms with Gasteiger partial charge >= 0.3 is 0 Å². The van der Waals surface area contributed by atoms with E-state index < -0.39 is 0 Å². The summed E-state index contributed by atoms with van der Waals surface area (Å²) >= 11 is 0. The lowest BCUT2D eigenvalue weighted by Gasteiger charge is -2.13. The molecule has 0 spiro atoms. The van der Waals surface area contributed by atoms with Crippen LogP contribution in [0.15, 0.2) is 23.4 Å². The van der Waals surface area contributed by atoms with Crippen molar-refractivity contribution >= 4 is 5.84 Å². The summed E-state index contributed by atoms with van der Waals surface area (Å²) in [6.45, 7) is 1.77. The highest BCUT2D eigenvalue weighted by molar-refractivity contribution is 5.97. The van der Waals surface area contributed by atoms with E-state index in [0.717, 1.165) is 30.3 Å². The zero-order valence-electron chi connectivity index (χ0n) is 11.9. The van der Waals surface area contributed by atoms with Crippen molar-refractivity contribution in [2.45, 2.75) is 32.2 Å². The van der Waals surface area contributed by atoms with E-state index >= 15 is 0 Å². The number of amidine groups is 1. The van der Waals surface area contributed by atoms with Crippen molar-refractivity contribution in [1.82, 2.24) is 5.32 Å². The Morgan fingerprint density at radius 2 is 2.20 bits per heavy atom. The average molecular weight is 277 g/mol. The van der Waals surface area contributed by atoms with Crippen molar-refractivity contribution in [2.24, 2.45) is 16.8 Å². The van der Waals surface area contributed by atoms with E-state index in [0.29, 0.717) is 5.56 Å². The highest BCUT2D eigenvalue weighted by Crippen LogP contribution is 2.24. The highest BCUT2D eigenvalue weighted by Gasteiger charge is 2.14. The third kappa shape index (κ3) is 3.63. The predicted molar refractivity (Wildman–Crippen MR) is 79.2 cm³/mol. The van der Waals surface area contributed by atoms with Crippen LogP contribution in [0.2, 0.25) is 0 Å². The molecule has 4 N–H and O–H groups in total. The largest absolute Gasteiger partial charge is 0.496 e. The Morgan fingerprint density at radius 1 is 1.45 bits per heavy atom. The second-order valence-electron chi connectivity index (χ2n) is 5.29. The summed E-state index contributed by atoms with van der Waals surface area (Å²) in [5.74, 6) is 1.73. The van der Waals surface area contributed by atoms with Crippen LogP contribution in [0, 0.1) is 5.92 Å². The van der Waals surface area contributed by atoms with Gasteiger partial charge in [0.2, 0.25) is 0 Å². The molecule has 0 saturated heterocycles. The second-order valence-corrected chi connectivity index (χ2v) is 5.29. The molecule has 0 atom stereocenters. The first-order chi connectivity index (χ1) is 9.74. The Bertz CT molecular complexity index is 468. The van der Waals surface area contributed by atoms with E-state index in [2.05, 4.69) is 10.5 Å². The van der Waals surface area contributed by atoms with Crippen molar-refractivity contribution in [3.05, 3.63) is 29.3 Å². The van der Waals surface area contributed by atoms with Crippen molar-refractivity contribution in [2.75, 3.05) is 13.7 Å². The van der Waals surface area contributed by atoms with Gasteiger partial charge in [-0.3, -0.25) is 0 Å². The smallest absolute Gasteiger partial charge is 0.170 e. The number of benzene rings is 1. The molecule has 1 fully saturated rings. The topological polar surface area (TPSA) is 79.9 Å². The Balaban J connectivity index is 2.00. The molecule has 2 rings (SSSR count). The van der Waals surface area contributed by atoms with E-state index in [1.165, 1.54) is 25.7 Å². The lowest BCUT2D eigenvalue weighted by Crippen LogP contribution is -2.21. The fourth-order valence-electron chi connectivity index (χ4n) is 2.76. The van der Waals surface area contributed by atoms with Crippen molar-refractivity contribution in [3.8, 4) is 5.75 Å². The minimum Gasteiger partial charge on any atom is -0.496 e. The number of nitrogens with two attached hydrogens (primary N) is 1. The highest BCUT2D eigenvalue weighted by atomic mass is 16.5. The number of methoxy groups -OCH3 is 1. The van der Waals surface area contributed by atoms with Crippen LogP contribution < -0.4 is 15.8 Å². The van der Waals surface area contributed by atoms with E-state index in [9.17, 15) is 0 Å². The molecule has 5 nitrogen and oxygen atoms in total. The standard InChI is InChI=1S/C15H23N3O2/c1-20-14-7-6-12(15(16)18-19)8-13(14)10-17-9-11-4-2-3-5-11/h6-8,11,17,19H,2-5,9-10H2,1H3,(H2,16,18). The number of rotatable bonds is 6. The number of oxime groups is 1. The number of hydrogen-bond donors (Lipinski definition) is 3. The lowest BCUT2D eigenvalue weighted by atomic mass is 10.1. The molecule has 0 radical (unpaired) electrons. The van der Waals surface area contributed by atoms with Crippen LogP contribution >= 0.6 is 0 Å². The van der Waals surface area contributed by atoms with Gasteiger partial charge in [-0.25, -0.2) is 0 Å². The molecule has 0 unspecified atom stereocenters. The molecule has 1 aliphatic carbocycles. The van der Waals surface area contributed by atoms with Gasteiger partial charge < -0.3 is 21.0 Å². The minimum atomic E-state index is 0.115. The maximum absolute atomic E-state index is 8.74. The SMILES string of the molecule is COc1ccc(/C(N)=N/O)cc1CNCC1CCCC1. The number of ether oxygens (including phenoxy) is 1. The third-order valence-corrected chi connectivity index (χ3v) is 3.91. The number of hydrogen-bond acceptors (Lipinski definition) is 4. The Hall–Kier alpha value is -1.75. The molecular formula is C15H23N3O2. The first-order valence-corrected chi connectivity index (χ1v) is 7.10. The lowest BCUT2D eigenvalue weighted by molar-refractivity contribution is 0.318. The molecule has 110 valence electrons. The molecule has 1 aliphatic rings. The maximum Gasteiger partial charge on any atom is 0.170 e. The van der Waals surface area contributed by atoms with Gasteiger partial charge in [-0.2, -0.15) is 0 Å². The van der Waals surface area contributed by atoms with E-state index in [4.69, 9.17) is 15.7 Å². The predicted octanol–water partition coefficient (Wildman–Crippen LogP) is 2.07.